The Labute approximate surface area is 118 Å². The van der Waals surface area contributed by atoms with E-state index in [0.29, 0.717) is 0 Å². The molecule has 3 N–H and O–H groups in total. The lowest BCUT2D eigenvalue weighted by Crippen LogP contribution is -2.28. The largest absolute Gasteiger partial charge is 0.459 e. The van der Waals surface area contributed by atoms with Crippen LogP contribution in [0.5, 0.6) is 0 Å². The number of hydrogen-bond donors (Lipinski definition) is 2. The van der Waals surface area contributed by atoms with Crippen molar-refractivity contribution in [3.05, 3.63) is 71.0 Å². The number of para-hydroxylation sites is 1. The van der Waals surface area contributed by atoms with Crippen molar-refractivity contribution < 1.29 is 4.42 Å². The molecule has 3 nitrogen and oxygen atoms in total. The van der Waals surface area contributed by atoms with Crippen molar-refractivity contribution in [1.29, 1.82) is 0 Å². The van der Waals surface area contributed by atoms with Gasteiger partial charge in [-0.3, -0.25) is 5.84 Å². The van der Waals surface area contributed by atoms with Gasteiger partial charge in [0, 0.05) is 5.39 Å². The number of fused-ring (bicyclic) bond motifs is 1. The van der Waals surface area contributed by atoms with E-state index < -0.39 is 0 Å². The summed E-state index contributed by atoms with van der Waals surface area (Å²) in [5.74, 6) is 6.57. The lowest BCUT2D eigenvalue weighted by molar-refractivity contribution is 0.476. The molecule has 2 aromatic carbocycles. The van der Waals surface area contributed by atoms with Crippen LogP contribution in [0.25, 0.3) is 11.0 Å². The minimum absolute atomic E-state index is 0.137. The smallest absolute Gasteiger partial charge is 0.137 e. The topological polar surface area (TPSA) is 51.2 Å². The van der Waals surface area contributed by atoms with E-state index in [1.54, 1.807) is 0 Å². The van der Waals surface area contributed by atoms with Crippen molar-refractivity contribution >= 4 is 11.0 Å². The van der Waals surface area contributed by atoms with Gasteiger partial charge in [0.05, 0.1) is 0 Å². The molecule has 0 fully saturated rings. The normalized spacial score (nSPS) is 12.8. The molecule has 0 radical (unpaired) electrons. The molecule has 0 bridgehead atoms. The minimum atomic E-state index is -0.137. The third-order valence-corrected chi connectivity index (χ3v) is 3.59. The molecule has 0 aliphatic heterocycles. The lowest BCUT2D eigenvalue weighted by Gasteiger charge is -2.14. The number of aryl methyl sites for hydroxylation is 2. The fourth-order valence-electron chi connectivity index (χ4n) is 2.56. The van der Waals surface area contributed by atoms with Crippen LogP contribution < -0.4 is 11.3 Å². The zero-order valence-corrected chi connectivity index (χ0v) is 11.7. The third-order valence-electron chi connectivity index (χ3n) is 3.59. The highest BCUT2D eigenvalue weighted by atomic mass is 16.3. The van der Waals surface area contributed by atoms with Crippen LogP contribution in [0.1, 0.15) is 28.5 Å². The van der Waals surface area contributed by atoms with Crippen molar-refractivity contribution in [3.63, 3.8) is 0 Å². The van der Waals surface area contributed by atoms with E-state index >= 15 is 0 Å². The standard InChI is InChI=1S/C17H18N2O/c1-11-5-3-7-13(9-11)16(19-18)15-10-14-8-4-6-12(2)17(14)20-15/h3-10,16,19H,18H2,1-2H3. The van der Waals surface area contributed by atoms with Crippen LogP contribution in [0.3, 0.4) is 0 Å². The first kappa shape index (κ1) is 12.9. The van der Waals surface area contributed by atoms with E-state index in [0.717, 1.165) is 27.9 Å². The van der Waals surface area contributed by atoms with Gasteiger partial charge >= 0.3 is 0 Å². The number of benzene rings is 2. The highest BCUT2D eigenvalue weighted by Crippen LogP contribution is 2.29. The second-order valence-electron chi connectivity index (χ2n) is 5.16. The molecule has 0 aliphatic rings. The van der Waals surface area contributed by atoms with Crippen LogP contribution in [-0.2, 0) is 0 Å². The van der Waals surface area contributed by atoms with E-state index in [-0.39, 0.29) is 6.04 Å². The molecule has 0 saturated heterocycles. The van der Waals surface area contributed by atoms with Crippen LogP contribution in [0.4, 0.5) is 0 Å². The Morgan fingerprint density at radius 2 is 1.85 bits per heavy atom. The SMILES string of the molecule is Cc1cccc(C(NN)c2cc3cccc(C)c3o2)c1. The highest BCUT2D eigenvalue weighted by Gasteiger charge is 2.17. The molecule has 1 aromatic heterocycles. The quantitative estimate of drug-likeness (QED) is 0.562. The summed E-state index contributed by atoms with van der Waals surface area (Å²) >= 11 is 0. The Hall–Kier alpha value is -2.10. The second-order valence-corrected chi connectivity index (χ2v) is 5.16. The van der Waals surface area contributed by atoms with Gasteiger partial charge in [-0.05, 0) is 31.0 Å². The molecule has 20 heavy (non-hydrogen) atoms. The molecule has 1 unspecified atom stereocenters. The summed E-state index contributed by atoms with van der Waals surface area (Å²) in [7, 11) is 0. The molecule has 1 atom stereocenters. The summed E-state index contributed by atoms with van der Waals surface area (Å²) in [4.78, 5) is 0. The summed E-state index contributed by atoms with van der Waals surface area (Å²) in [5, 5.41) is 1.10. The summed E-state index contributed by atoms with van der Waals surface area (Å²) < 4.78 is 6.00. The monoisotopic (exact) mass is 266 g/mol. The van der Waals surface area contributed by atoms with Gasteiger partial charge in [-0.1, -0.05) is 48.0 Å². The zero-order valence-electron chi connectivity index (χ0n) is 11.7. The number of rotatable bonds is 3. The molecule has 3 rings (SSSR count). The van der Waals surface area contributed by atoms with Crippen LogP contribution in [0.15, 0.2) is 52.9 Å². The third kappa shape index (κ3) is 2.22. The van der Waals surface area contributed by atoms with E-state index in [1.807, 2.05) is 25.1 Å². The van der Waals surface area contributed by atoms with E-state index in [2.05, 4.69) is 42.7 Å². The summed E-state index contributed by atoms with van der Waals surface area (Å²) in [6, 6.07) is 16.3. The van der Waals surface area contributed by atoms with Gasteiger partial charge < -0.3 is 4.42 Å². The maximum atomic E-state index is 6.00. The molecule has 0 amide bonds. The van der Waals surface area contributed by atoms with Crippen LogP contribution in [0.2, 0.25) is 0 Å². The summed E-state index contributed by atoms with van der Waals surface area (Å²) in [6.07, 6.45) is 0. The molecule has 0 spiro atoms. The molecule has 0 saturated carbocycles. The second kappa shape index (κ2) is 5.12. The van der Waals surface area contributed by atoms with Crippen LogP contribution in [-0.4, -0.2) is 0 Å². The van der Waals surface area contributed by atoms with E-state index in [9.17, 15) is 0 Å². The van der Waals surface area contributed by atoms with Crippen molar-refractivity contribution in [2.75, 3.05) is 0 Å². The van der Waals surface area contributed by atoms with E-state index in [4.69, 9.17) is 10.3 Å². The van der Waals surface area contributed by atoms with Gasteiger partial charge in [0.2, 0.25) is 0 Å². The Morgan fingerprint density at radius 1 is 1.05 bits per heavy atom. The number of furan rings is 1. The number of hydrogen-bond acceptors (Lipinski definition) is 3. The predicted molar refractivity (Wildman–Crippen MR) is 81.3 cm³/mol. The van der Waals surface area contributed by atoms with Crippen molar-refractivity contribution in [3.8, 4) is 0 Å². The van der Waals surface area contributed by atoms with Gasteiger partial charge in [-0.2, -0.15) is 0 Å². The first-order valence-electron chi connectivity index (χ1n) is 6.71. The van der Waals surface area contributed by atoms with Crippen molar-refractivity contribution in [1.82, 2.24) is 5.43 Å². The molecular formula is C17H18N2O. The summed E-state index contributed by atoms with van der Waals surface area (Å²) in [6.45, 7) is 4.12. The number of hydrazine groups is 1. The Bertz CT molecular complexity index is 746. The van der Waals surface area contributed by atoms with Crippen molar-refractivity contribution in [2.45, 2.75) is 19.9 Å². The summed E-state index contributed by atoms with van der Waals surface area (Å²) in [5.41, 5.74) is 7.21. The van der Waals surface area contributed by atoms with Gasteiger partial charge in [-0.15, -0.1) is 0 Å². The van der Waals surface area contributed by atoms with Gasteiger partial charge in [-0.25, -0.2) is 5.43 Å². The van der Waals surface area contributed by atoms with Crippen molar-refractivity contribution in [2.24, 2.45) is 5.84 Å². The average Bonchev–Trinajstić information content (AvgIpc) is 2.85. The fourth-order valence-corrected chi connectivity index (χ4v) is 2.56. The molecule has 3 heteroatoms. The number of nitrogens with one attached hydrogen (secondary N) is 1. The Balaban J connectivity index is 2.09. The maximum absolute atomic E-state index is 6.00. The minimum Gasteiger partial charge on any atom is -0.459 e. The molecule has 1 heterocycles. The zero-order chi connectivity index (χ0) is 14.1. The number of nitrogens with two attached hydrogens (primary N) is 1. The fraction of sp³-hybridized carbons (Fsp3) is 0.176. The Morgan fingerprint density at radius 3 is 2.55 bits per heavy atom. The van der Waals surface area contributed by atoms with Gasteiger partial charge in [0.25, 0.3) is 0 Å². The first-order chi connectivity index (χ1) is 9.69. The van der Waals surface area contributed by atoms with E-state index in [1.165, 1.54) is 5.56 Å². The van der Waals surface area contributed by atoms with Gasteiger partial charge in [0.1, 0.15) is 17.4 Å². The molecular weight excluding hydrogens is 248 g/mol. The average molecular weight is 266 g/mol. The first-order valence-corrected chi connectivity index (χ1v) is 6.71. The Kier molecular flexibility index (Phi) is 3.30. The van der Waals surface area contributed by atoms with Crippen LogP contribution >= 0.6 is 0 Å². The molecule has 0 aliphatic carbocycles. The predicted octanol–water partition coefficient (Wildman–Crippen LogP) is 3.60. The lowest BCUT2D eigenvalue weighted by atomic mass is 10.0. The van der Waals surface area contributed by atoms with Gasteiger partial charge in [0.15, 0.2) is 0 Å². The molecule has 102 valence electrons. The maximum Gasteiger partial charge on any atom is 0.137 e. The highest BCUT2D eigenvalue weighted by molar-refractivity contribution is 5.81. The van der Waals surface area contributed by atoms with Crippen LogP contribution in [0, 0.1) is 13.8 Å². The molecule has 3 aromatic rings.